The van der Waals surface area contributed by atoms with Gasteiger partial charge in [0.2, 0.25) is 10.0 Å². The van der Waals surface area contributed by atoms with E-state index < -0.39 is 21.7 Å². The highest BCUT2D eigenvalue weighted by molar-refractivity contribution is 7.92. The van der Waals surface area contributed by atoms with Crippen LogP contribution in [0.3, 0.4) is 0 Å². The fraction of sp³-hybridized carbons (Fsp3) is 0.167. The summed E-state index contributed by atoms with van der Waals surface area (Å²) >= 11 is 0. The maximum atomic E-state index is 13.1. The molecule has 9 heteroatoms. The van der Waals surface area contributed by atoms with Crippen LogP contribution in [-0.4, -0.2) is 33.0 Å². The first-order valence-electron chi connectivity index (χ1n) is 9.98. The number of hydrogen-bond donors (Lipinski definition) is 1. The number of nitrogens with zero attached hydrogens (tertiary/aromatic N) is 1. The molecule has 0 fully saturated rings. The number of rotatable bonds is 9. The minimum atomic E-state index is -3.60. The van der Waals surface area contributed by atoms with Crippen LogP contribution in [0.1, 0.15) is 22.8 Å². The van der Waals surface area contributed by atoms with Gasteiger partial charge < -0.3 is 10.1 Å². The van der Waals surface area contributed by atoms with Gasteiger partial charge in [-0.3, -0.25) is 13.9 Å². The van der Waals surface area contributed by atoms with Gasteiger partial charge in [-0.15, -0.1) is 0 Å². The van der Waals surface area contributed by atoms with Crippen molar-refractivity contribution in [3.05, 3.63) is 89.7 Å². The third-order valence-electron chi connectivity index (χ3n) is 4.69. The number of ketones is 1. The fourth-order valence-corrected chi connectivity index (χ4v) is 3.91. The first kappa shape index (κ1) is 23.9. The number of carbonyl (C=O) groups excluding carboxylic acids is 2. The van der Waals surface area contributed by atoms with Crippen molar-refractivity contribution in [3.63, 3.8) is 0 Å². The molecule has 3 aromatic carbocycles. The Balaban J connectivity index is 1.63. The second-order valence-corrected chi connectivity index (χ2v) is 9.27. The highest BCUT2D eigenvalue weighted by Gasteiger charge is 2.18. The third kappa shape index (κ3) is 6.88. The minimum absolute atomic E-state index is 0.0427. The zero-order valence-corrected chi connectivity index (χ0v) is 18.9. The van der Waals surface area contributed by atoms with Crippen molar-refractivity contribution in [1.82, 2.24) is 0 Å². The van der Waals surface area contributed by atoms with Gasteiger partial charge in [-0.1, -0.05) is 24.3 Å². The number of anilines is 2. The third-order valence-corrected chi connectivity index (χ3v) is 5.83. The van der Waals surface area contributed by atoms with Crippen molar-refractivity contribution >= 4 is 33.1 Å². The number of benzene rings is 3. The summed E-state index contributed by atoms with van der Waals surface area (Å²) in [5.41, 5.74) is 2.00. The van der Waals surface area contributed by atoms with E-state index in [0.717, 1.165) is 6.26 Å². The zero-order chi connectivity index (χ0) is 24.0. The van der Waals surface area contributed by atoms with E-state index in [2.05, 4.69) is 5.32 Å². The molecule has 0 atom stereocenters. The summed E-state index contributed by atoms with van der Waals surface area (Å²) in [6.45, 7) is 1.22. The number of hydrogen-bond acceptors (Lipinski definition) is 5. The number of Topliss-reactive ketones (excluding diaryl/α,β-unsaturated/α-hetero) is 1. The van der Waals surface area contributed by atoms with Gasteiger partial charge in [-0.25, -0.2) is 12.8 Å². The SMILES string of the molecule is CC(=O)c1cccc(NC(=O)COc2ccc(N(Cc3ccc(F)cc3)S(C)(=O)=O)cc2)c1. The molecule has 3 aromatic rings. The van der Waals surface area contributed by atoms with Gasteiger partial charge in [0, 0.05) is 11.3 Å². The van der Waals surface area contributed by atoms with E-state index in [1.54, 1.807) is 48.5 Å². The van der Waals surface area contributed by atoms with E-state index in [-0.39, 0.29) is 18.9 Å². The van der Waals surface area contributed by atoms with E-state index >= 15 is 0 Å². The van der Waals surface area contributed by atoms with Gasteiger partial charge >= 0.3 is 0 Å². The van der Waals surface area contributed by atoms with Crippen molar-refractivity contribution in [3.8, 4) is 5.75 Å². The zero-order valence-electron chi connectivity index (χ0n) is 18.1. The number of amides is 1. The maximum Gasteiger partial charge on any atom is 0.262 e. The Hall–Kier alpha value is -3.72. The standard InChI is InChI=1S/C24H23FN2O5S/c1-17(28)19-4-3-5-21(14-19)26-24(29)16-32-23-12-10-22(11-13-23)27(33(2,30)31)15-18-6-8-20(25)9-7-18/h3-14H,15-16H2,1-2H3,(H,26,29). The van der Waals surface area contributed by atoms with Crippen LogP contribution in [0.4, 0.5) is 15.8 Å². The topological polar surface area (TPSA) is 92.8 Å². The fourth-order valence-electron chi connectivity index (χ4n) is 3.03. The quantitative estimate of drug-likeness (QED) is 0.477. The summed E-state index contributed by atoms with van der Waals surface area (Å²) in [6, 6.07) is 18.4. The van der Waals surface area contributed by atoms with Gasteiger partial charge in [-0.05, 0) is 61.0 Å². The molecule has 0 heterocycles. The average Bonchev–Trinajstić information content (AvgIpc) is 2.77. The van der Waals surface area contributed by atoms with Gasteiger partial charge in [-0.2, -0.15) is 0 Å². The smallest absolute Gasteiger partial charge is 0.262 e. The predicted molar refractivity (Wildman–Crippen MR) is 124 cm³/mol. The Bertz CT molecular complexity index is 1240. The molecule has 0 aliphatic heterocycles. The molecule has 0 unspecified atom stereocenters. The van der Waals surface area contributed by atoms with Crippen LogP contribution in [0.5, 0.6) is 5.75 Å². The highest BCUT2D eigenvalue weighted by atomic mass is 32.2. The number of sulfonamides is 1. The van der Waals surface area contributed by atoms with Crippen LogP contribution >= 0.6 is 0 Å². The molecule has 1 amide bonds. The lowest BCUT2D eigenvalue weighted by Gasteiger charge is -2.22. The largest absolute Gasteiger partial charge is 0.484 e. The molecule has 3 rings (SSSR count). The van der Waals surface area contributed by atoms with Crippen molar-refractivity contribution < 1.29 is 27.1 Å². The van der Waals surface area contributed by atoms with Crippen LogP contribution in [0.25, 0.3) is 0 Å². The Kier molecular flexibility index (Phi) is 7.44. The Morgan fingerprint density at radius 2 is 1.67 bits per heavy atom. The molecular formula is C24H23FN2O5S. The lowest BCUT2D eigenvalue weighted by Crippen LogP contribution is -2.29. The second-order valence-electron chi connectivity index (χ2n) is 7.36. The van der Waals surface area contributed by atoms with Crippen LogP contribution in [0.15, 0.2) is 72.8 Å². The van der Waals surface area contributed by atoms with Crippen molar-refractivity contribution in [1.29, 1.82) is 0 Å². The molecule has 0 aliphatic rings. The lowest BCUT2D eigenvalue weighted by atomic mass is 10.1. The van der Waals surface area contributed by atoms with Crippen LogP contribution < -0.4 is 14.4 Å². The molecule has 0 saturated heterocycles. The van der Waals surface area contributed by atoms with Crippen LogP contribution in [0, 0.1) is 5.82 Å². The van der Waals surface area contributed by atoms with Crippen molar-refractivity contribution in [2.24, 2.45) is 0 Å². The van der Waals surface area contributed by atoms with E-state index in [9.17, 15) is 22.4 Å². The second kappa shape index (κ2) is 10.3. The number of nitrogens with one attached hydrogen (secondary N) is 1. The van der Waals surface area contributed by atoms with E-state index in [0.29, 0.717) is 28.3 Å². The molecule has 33 heavy (non-hydrogen) atoms. The van der Waals surface area contributed by atoms with E-state index in [1.165, 1.54) is 35.5 Å². The molecule has 0 saturated carbocycles. The molecule has 0 aliphatic carbocycles. The minimum Gasteiger partial charge on any atom is -0.484 e. The molecular weight excluding hydrogens is 447 g/mol. The highest BCUT2D eigenvalue weighted by Crippen LogP contribution is 2.24. The molecule has 1 N–H and O–H groups in total. The van der Waals surface area contributed by atoms with Crippen molar-refractivity contribution in [2.75, 3.05) is 22.5 Å². The summed E-state index contributed by atoms with van der Waals surface area (Å²) in [6.07, 6.45) is 1.09. The number of ether oxygens (including phenoxy) is 1. The summed E-state index contributed by atoms with van der Waals surface area (Å²) in [7, 11) is -3.60. The van der Waals surface area contributed by atoms with Crippen LogP contribution in [0.2, 0.25) is 0 Å². The van der Waals surface area contributed by atoms with Gasteiger partial charge in [0.05, 0.1) is 18.5 Å². The Morgan fingerprint density at radius 3 is 2.27 bits per heavy atom. The summed E-state index contributed by atoms with van der Waals surface area (Å²) < 4.78 is 44.4. The number of halogens is 1. The summed E-state index contributed by atoms with van der Waals surface area (Å²) in [5, 5.41) is 2.66. The molecule has 172 valence electrons. The molecule has 0 aromatic heterocycles. The van der Waals surface area contributed by atoms with Gasteiger partial charge in [0.1, 0.15) is 11.6 Å². The number of carbonyl (C=O) groups is 2. The monoisotopic (exact) mass is 470 g/mol. The van der Waals surface area contributed by atoms with Crippen LogP contribution in [-0.2, 0) is 21.4 Å². The molecule has 0 radical (unpaired) electrons. The predicted octanol–water partition coefficient (Wildman–Crippen LogP) is 4.01. The normalized spacial score (nSPS) is 11.0. The average molecular weight is 471 g/mol. The Labute approximate surface area is 191 Å². The maximum absolute atomic E-state index is 13.1. The molecule has 0 bridgehead atoms. The molecule has 0 spiro atoms. The van der Waals surface area contributed by atoms with Gasteiger partial charge in [0.15, 0.2) is 12.4 Å². The summed E-state index contributed by atoms with van der Waals surface area (Å²) in [4.78, 5) is 23.6. The molecule has 7 nitrogen and oxygen atoms in total. The van der Waals surface area contributed by atoms with Crippen molar-refractivity contribution in [2.45, 2.75) is 13.5 Å². The van der Waals surface area contributed by atoms with Gasteiger partial charge in [0.25, 0.3) is 5.91 Å². The van der Waals surface area contributed by atoms with E-state index in [1.807, 2.05) is 0 Å². The lowest BCUT2D eigenvalue weighted by molar-refractivity contribution is -0.118. The Morgan fingerprint density at radius 1 is 1.00 bits per heavy atom. The first-order chi connectivity index (χ1) is 15.6. The summed E-state index contributed by atoms with van der Waals surface area (Å²) in [5.74, 6) is -0.540. The first-order valence-corrected chi connectivity index (χ1v) is 11.8. The van der Waals surface area contributed by atoms with E-state index in [4.69, 9.17) is 4.74 Å².